The van der Waals surface area contributed by atoms with Gasteiger partial charge in [0.1, 0.15) is 24.5 Å². The number of rotatable bonds is 5. The highest BCUT2D eigenvalue weighted by Gasteiger charge is 2.18. The van der Waals surface area contributed by atoms with E-state index in [9.17, 15) is 19.2 Å². The minimum atomic E-state index is -1.75. The molecule has 0 spiro atoms. The smallest absolute Gasteiger partial charge is 0.489 e. The van der Waals surface area contributed by atoms with Crippen molar-refractivity contribution in [1.29, 1.82) is 0 Å². The van der Waals surface area contributed by atoms with Crippen LogP contribution in [0.2, 0.25) is 0 Å². The van der Waals surface area contributed by atoms with Gasteiger partial charge in [0, 0.05) is 11.0 Å². The minimum absolute atomic E-state index is 0.0813. The molecule has 0 aliphatic heterocycles. The summed E-state index contributed by atoms with van der Waals surface area (Å²) in [6.07, 6.45) is 0.599. The molecule has 20 heavy (non-hydrogen) atoms. The van der Waals surface area contributed by atoms with Crippen LogP contribution >= 0.6 is 0 Å². The van der Waals surface area contributed by atoms with Crippen molar-refractivity contribution in [3.63, 3.8) is 0 Å². The average Bonchev–Trinajstić information content (AvgIpc) is 2.45. The van der Waals surface area contributed by atoms with Gasteiger partial charge in [0.15, 0.2) is 0 Å². The van der Waals surface area contributed by atoms with E-state index in [1.54, 1.807) is 12.1 Å². The fraction of sp³-hybridized carbons (Fsp3) is 0.0714. The molecule has 0 saturated heterocycles. The van der Waals surface area contributed by atoms with Gasteiger partial charge in [-0.1, -0.05) is 12.1 Å². The van der Waals surface area contributed by atoms with Crippen LogP contribution in [0.3, 0.4) is 0 Å². The highest BCUT2D eigenvalue weighted by atomic mass is 19.1. The van der Waals surface area contributed by atoms with Crippen molar-refractivity contribution < 1.29 is 24.0 Å². The summed E-state index contributed by atoms with van der Waals surface area (Å²) in [5.74, 6) is -0.139. The van der Waals surface area contributed by atoms with Crippen LogP contribution in [0, 0.1) is 5.82 Å². The van der Waals surface area contributed by atoms with E-state index in [1.165, 1.54) is 30.3 Å². The van der Waals surface area contributed by atoms with Crippen molar-refractivity contribution >= 4 is 18.9 Å². The van der Waals surface area contributed by atoms with Crippen molar-refractivity contribution in [3.8, 4) is 5.75 Å². The van der Waals surface area contributed by atoms with E-state index in [4.69, 9.17) is 4.74 Å². The molecule has 0 atom stereocenters. The zero-order valence-corrected chi connectivity index (χ0v) is 10.5. The molecule has 4 nitrogen and oxygen atoms in total. The number of ether oxygens (including phenoxy) is 1. The van der Waals surface area contributed by atoms with E-state index in [-0.39, 0.29) is 23.6 Å². The van der Waals surface area contributed by atoms with E-state index in [2.05, 4.69) is 0 Å². The number of hydrogen-bond donors (Lipinski definition) is 2. The fourth-order valence-electron chi connectivity index (χ4n) is 1.76. The van der Waals surface area contributed by atoms with Gasteiger partial charge < -0.3 is 14.8 Å². The summed E-state index contributed by atoms with van der Waals surface area (Å²) in [5, 5.41) is 18.5. The van der Waals surface area contributed by atoms with Crippen LogP contribution in [-0.2, 0) is 6.61 Å². The van der Waals surface area contributed by atoms with Crippen molar-refractivity contribution in [1.82, 2.24) is 0 Å². The first-order valence-corrected chi connectivity index (χ1v) is 5.92. The molecular formula is C14H12BFO4. The van der Waals surface area contributed by atoms with Gasteiger partial charge >= 0.3 is 7.12 Å². The number of carbonyl (C=O) groups is 1. The predicted molar refractivity (Wildman–Crippen MR) is 72.4 cm³/mol. The summed E-state index contributed by atoms with van der Waals surface area (Å²) in [7, 11) is -1.75. The van der Waals surface area contributed by atoms with E-state index < -0.39 is 7.12 Å². The molecule has 0 amide bonds. The Hall–Kier alpha value is -2.18. The third-order valence-corrected chi connectivity index (χ3v) is 2.73. The molecule has 2 aromatic rings. The molecule has 0 unspecified atom stereocenters. The maximum Gasteiger partial charge on any atom is 0.492 e. The lowest BCUT2D eigenvalue weighted by Crippen LogP contribution is -2.31. The van der Waals surface area contributed by atoms with E-state index in [1.807, 2.05) is 0 Å². The highest BCUT2D eigenvalue weighted by molar-refractivity contribution is 6.59. The quantitative estimate of drug-likeness (QED) is 0.628. The molecule has 102 valence electrons. The summed E-state index contributed by atoms with van der Waals surface area (Å²) < 4.78 is 18.5. The Bertz CT molecular complexity index is 616. The molecule has 0 fully saturated rings. The zero-order chi connectivity index (χ0) is 14.5. The van der Waals surface area contributed by atoms with Gasteiger partial charge in [0.25, 0.3) is 0 Å². The standard InChI is InChI=1S/C14H12BFO4/c16-12-3-1-2-11(6-12)9-20-14-5-4-10(8-17)7-13(14)15(18)19/h1-8,18-19H,9H2. The molecule has 0 heterocycles. The summed E-state index contributed by atoms with van der Waals surface area (Å²) in [4.78, 5) is 10.7. The van der Waals surface area contributed by atoms with Crippen LogP contribution in [0.1, 0.15) is 15.9 Å². The lowest BCUT2D eigenvalue weighted by atomic mass is 9.79. The molecule has 6 heteroatoms. The molecule has 2 rings (SSSR count). The third-order valence-electron chi connectivity index (χ3n) is 2.73. The molecule has 2 N–H and O–H groups in total. The van der Waals surface area contributed by atoms with Gasteiger partial charge in [-0.15, -0.1) is 0 Å². The Balaban J connectivity index is 2.18. The van der Waals surface area contributed by atoms with Crippen molar-refractivity contribution in [2.75, 3.05) is 0 Å². The molecule has 0 aliphatic rings. The molecule has 0 aromatic heterocycles. The van der Waals surface area contributed by atoms with Crippen molar-refractivity contribution in [2.24, 2.45) is 0 Å². The molecule has 0 radical (unpaired) electrons. The lowest BCUT2D eigenvalue weighted by molar-refractivity contribution is 0.112. The normalized spacial score (nSPS) is 10.2. The van der Waals surface area contributed by atoms with Crippen molar-refractivity contribution in [2.45, 2.75) is 6.61 Å². The van der Waals surface area contributed by atoms with Gasteiger partial charge in [0.05, 0.1) is 0 Å². The maximum absolute atomic E-state index is 13.0. The van der Waals surface area contributed by atoms with Crippen LogP contribution in [0.4, 0.5) is 4.39 Å². The summed E-state index contributed by atoms with van der Waals surface area (Å²) in [6, 6.07) is 10.2. The largest absolute Gasteiger partial charge is 0.492 e. The summed E-state index contributed by atoms with van der Waals surface area (Å²) in [5.41, 5.74) is 1.01. The predicted octanol–water partition coefficient (Wildman–Crippen LogP) is 0.897. The molecular weight excluding hydrogens is 262 g/mol. The Kier molecular flexibility index (Phi) is 4.50. The summed E-state index contributed by atoms with van der Waals surface area (Å²) in [6.45, 7) is 0.0813. The van der Waals surface area contributed by atoms with Gasteiger partial charge in [-0.25, -0.2) is 4.39 Å². The van der Waals surface area contributed by atoms with E-state index >= 15 is 0 Å². The Labute approximate surface area is 115 Å². The van der Waals surface area contributed by atoms with Crippen LogP contribution in [-0.4, -0.2) is 23.5 Å². The van der Waals surface area contributed by atoms with E-state index in [0.29, 0.717) is 17.4 Å². The Morgan fingerprint density at radius 3 is 2.65 bits per heavy atom. The van der Waals surface area contributed by atoms with Gasteiger partial charge in [0.2, 0.25) is 0 Å². The van der Waals surface area contributed by atoms with Crippen molar-refractivity contribution in [3.05, 3.63) is 59.4 Å². The zero-order valence-electron chi connectivity index (χ0n) is 10.5. The van der Waals surface area contributed by atoms with Gasteiger partial charge in [-0.2, -0.15) is 0 Å². The van der Waals surface area contributed by atoms with Gasteiger partial charge in [-0.05, 0) is 35.9 Å². The van der Waals surface area contributed by atoms with E-state index in [0.717, 1.165) is 0 Å². The lowest BCUT2D eigenvalue weighted by Gasteiger charge is -2.11. The average molecular weight is 274 g/mol. The monoisotopic (exact) mass is 274 g/mol. The SMILES string of the molecule is O=Cc1ccc(OCc2cccc(F)c2)c(B(O)O)c1. The van der Waals surface area contributed by atoms with Gasteiger partial charge in [-0.3, -0.25) is 4.79 Å². The molecule has 0 aliphatic carbocycles. The Morgan fingerprint density at radius 1 is 1.20 bits per heavy atom. The van der Waals surface area contributed by atoms with Crippen LogP contribution in [0.5, 0.6) is 5.75 Å². The first kappa shape index (κ1) is 14.2. The number of carbonyl (C=O) groups excluding carboxylic acids is 1. The topological polar surface area (TPSA) is 66.8 Å². The number of aldehydes is 1. The van der Waals surface area contributed by atoms with Crippen LogP contribution in [0.25, 0.3) is 0 Å². The maximum atomic E-state index is 13.0. The second-order valence-electron chi connectivity index (χ2n) is 4.21. The van der Waals surface area contributed by atoms with Crippen LogP contribution in [0.15, 0.2) is 42.5 Å². The molecule has 0 bridgehead atoms. The Morgan fingerprint density at radius 2 is 2.00 bits per heavy atom. The fourth-order valence-corrected chi connectivity index (χ4v) is 1.76. The number of benzene rings is 2. The number of hydrogen-bond acceptors (Lipinski definition) is 4. The third kappa shape index (κ3) is 3.43. The second-order valence-corrected chi connectivity index (χ2v) is 4.21. The molecule has 0 saturated carbocycles. The first-order chi connectivity index (χ1) is 9.60. The number of halogens is 1. The highest BCUT2D eigenvalue weighted by Crippen LogP contribution is 2.13. The minimum Gasteiger partial charge on any atom is -0.489 e. The molecule has 2 aromatic carbocycles. The first-order valence-electron chi connectivity index (χ1n) is 5.92. The second kappa shape index (κ2) is 6.32. The van der Waals surface area contributed by atoms with Crippen LogP contribution < -0.4 is 10.2 Å². The summed E-state index contributed by atoms with van der Waals surface area (Å²) >= 11 is 0.